The van der Waals surface area contributed by atoms with Crippen molar-refractivity contribution < 1.29 is 23.9 Å². The summed E-state index contributed by atoms with van der Waals surface area (Å²) in [4.78, 5) is 54.1. The normalized spacial score (nSPS) is 15.7. The molecule has 0 spiro atoms. The second-order valence-corrected chi connectivity index (χ2v) is 8.17. The van der Waals surface area contributed by atoms with E-state index in [1.54, 1.807) is 17.5 Å². The zero-order chi connectivity index (χ0) is 22.7. The van der Waals surface area contributed by atoms with E-state index in [1.807, 2.05) is 30.3 Å². The molecule has 0 aliphatic carbocycles. The molecule has 2 heterocycles. The Morgan fingerprint density at radius 2 is 1.75 bits per heavy atom. The number of benzene rings is 2. The number of thiophene rings is 1. The topological polar surface area (TPSA) is 84.0 Å². The van der Waals surface area contributed by atoms with Gasteiger partial charge >= 0.3 is 5.97 Å². The van der Waals surface area contributed by atoms with E-state index in [0.29, 0.717) is 16.1 Å². The Kier molecular flexibility index (Phi) is 6.13. The summed E-state index contributed by atoms with van der Waals surface area (Å²) in [5.41, 5.74) is 1.52. The smallest absolute Gasteiger partial charge is 0.337 e. The molecule has 1 aromatic heterocycles. The molecule has 3 amide bonds. The summed E-state index contributed by atoms with van der Waals surface area (Å²) < 4.78 is 4.68. The lowest BCUT2D eigenvalue weighted by Gasteiger charge is -2.27. The molecule has 162 valence electrons. The first-order chi connectivity index (χ1) is 15.5. The SMILES string of the molecule is COC(=O)c1ccc(N2C(=O)CC(N(Cc3ccccc3)C(=O)c3cccs3)C2=O)cc1. The molecule has 7 nitrogen and oxygen atoms in total. The van der Waals surface area contributed by atoms with Crippen LogP contribution in [0.3, 0.4) is 0 Å². The Hall–Kier alpha value is -3.78. The lowest BCUT2D eigenvalue weighted by molar-refractivity contribution is -0.122. The average Bonchev–Trinajstić information content (AvgIpc) is 3.45. The largest absolute Gasteiger partial charge is 0.465 e. The second-order valence-electron chi connectivity index (χ2n) is 7.22. The van der Waals surface area contributed by atoms with Crippen LogP contribution in [-0.4, -0.2) is 41.7 Å². The van der Waals surface area contributed by atoms with Gasteiger partial charge < -0.3 is 9.64 Å². The molecule has 32 heavy (non-hydrogen) atoms. The number of carbonyl (C=O) groups excluding carboxylic acids is 4. The molecule has 1 atom stereocenters. The number of anilines is 1. The van der Waals surface area contributed by atoms with Crippen molar-refractivity contribution in [3.8, 4) is 0 Å². The van der Waals surface area contributed by atoms with Crippen LogP contribution in [0.4, 0.5) is 5.69 Å². The minimum atomic E-state index is -0.919. The predicted octanol–water partition coefficient (Wildman–Crippen LogP) is 3.51. The number of hydrogen-bond acceptors (Lipinski definition) is 6. The Balaban J connectivity index is 1.63. The highest BCUT2D eigenvalue weighted by molar-refractivity contribution is 7.12. The Labute approximate surface area is 188 Å². The van der Waals surface area contributed by atoms with Crippen LogP contribution >= 0.6 is 11.3 Å². The molecule has 4 rings (SSSR count). The van der Waals surface area contributed by atoms with Crippen LogP contribution in [0, 0.1) is 0 Å². The van der Waals surface area contributed by atoms with Crippen LogP contribution in [-0.2, 0) is 20.9 Å². The molecule has 0 bridgehead atoms. The summed E-state index contributed by atoms with van der Waals surface area (Å²) in [6, 6.07) is 17.9. The Morgan fingerprint density at radius 3 is 2.38 bits per heavy atom. The Bertz CT molecular complexity index is 1140. The van der Waals surface area contributed by atoms with Gasteiger partial charge in [-0.25, -0.2) is 9.69 Å². The van der Waals surface area contributed by atoms with Gasteiger partial charge in [0.05, 0.1) is 29.7 Å². The van der Waals surface area contributed by atoms with Gasteiger partial charge in [-0.1, -0.05) is 36.4 Å². The van der Waals surface area contributed by atoms with Gasteiger partial charge in [0.25, 0.3) is 11.8 Å². The number of nitrogens with zero attached hydrogens (tertiary/aromatic N) is 2. The van der Waals surface area contributed by atoms with Gasteiger partial charge in [0.2, 0.25) is 5.91 Å². The first kappa shape index (κ1) is 21.5. The van der Waals surface area contributed by atoms with Crippen molar-refractivity contribution in [2.75, 3.05) is 12.0 Å². The fourth-order valence-corrected chi connectivity index (χ4v) is 4.32. The number of rotatable bonds is 6. The van der Waals surface area contributed by atoms with Crippen molar-refractivity contribution in [2.45, 2.75) is 19.0 Å². The summed E-state index contributed by atoms with van der Waals surface area (Å²) >= 11 is 1.29. The minimum absolute atomic E-state index is 0.110. The van der Waals surface area contributed by atoms with Crippen molar-refractivity contribution in [2.24, 2.45) is 0 Å². The zero-order valence-corrected chi connectivity index (χ0v) is 18.1. The van der Waals surface area contributed by atoms with E-state index >= 15 is 0 Å². The maximum Gasteiger partial charge on any atom is 0.337 e. The molecular formula is C24H20N2O5S. The Morgan fingerprint density at radius 1 is 1.03 bits per heavy atom. The van der Waals surface area contributed by atoms with Gasteiger partial charge in [-0.3, -0.25) is 14.4 Å². The van der Waals surface area contributed by atoms with Crippen LogP contribution < -0.4 is 4.90 Å². The van der Waals surface area contributed by atoms with Crippen LogP contribution in [0.1, 0.15) is 32.0 Å². The van der Waals surface area contributed by atoms with E-state index in [2.05, 4.69) is 4.74 Å². The van der Waals surface area contributed by atoms with Crippen molar-refractivity contribution in [3.63, 3.8) is 0 Å². The van der Waals surface area contributed by atoms with Crippen LogP contribution in [0.25, 0.3) is 0 Å². The van der Waals surface area contributed by atoms with Gasteiger partial charge in [0.1, 0.15) is 6.04 Å². The third-order valence-electron chi connectivity index (χ3n) is 5.23. The van der Waals surface area contributed by atoms with Crippen LogP contribution in [0.2, 0.25) is 0 Å². The number of amides is 3. The molecule has 0 radical (unpaired) electrons. The zero-order valence-electron chi connectivity index (χ0n) is 17.3. The molecular weight excluding hydrogens is 428 g/mol. The maximum absolute atomic E-state index is 13.3. The number of ether oxygens (including phenoxy) is 1. The monoisotopic (exact) mass is 448 g/mol. The average molecular weight is 449 g/mol. The molecule has 1 aliphatic heterocycles. The van der Waals surface area contributed by atoms with E-state index in [1.165, 1.54) is 47.6 Å². The standard InChI is InChI=1S/C24H20N2O5S/c1-31-24(30)17-9-11-18(12-10-17)26-21(27)14-19(22(26)28)25(15-16-6-3-2-4-7-16)23(29)20-8-5-13-32-20/h2-13,19H,14-15H2,1H3. The van der Waals surface area contributed by atoms with Gasteiger partial charge in [-0.2, -0.15) is 0 Å². The predicted molar refractivity (Wildman–Crippen MR) is 119 cm³/mol. The summed E-state index contributed by atoms with van der Waals surface area (Å²) in [5, 5.41) is 1.80. The number of methoxy groups -OCH3 is 1. The van der Waals surface area contributed by atoms with Gasteiger partial charge in [0, 0.05) is 6.54 Å². The quantitative estimate of drug-likeness (QED) is 0.426. The molecule has 0 saturated carbocycles. The van der Waals surface area contributed by atoms with Crippen LogP contribution in [0.5, 0.6) is 0 Å². The van der Waals surface area contributed by atoms with E-state index in [4.69, 9.17) is 0 Å². The summed E-state index contributed by atoms with van der Waals surface area (Å²) in [6.45, 7) is 0.205. The van der Waals surface area contributed by atoms with E-state index in [-0.39, 0.29) is 18.9 Å². The van der Waals surface area contributed by atoms with E-state index in [9.17, 15) is 19.2 Å². The third kappa shape index (κ3) is 4.17. The lowest BCUT2D eigenvalue weighted by Crippen LogP contribution is -2.44. The number of hydrogen-bond donors (Lipinski definition) is 0. The van der Waals surface area contributed by atoms with Crippen molar-refractivity contribution in [3.05, 3.63) is 88.1 Å². The number of esters is 1. The van der Waals surface area contributed by atoms with E-state index in [0.717, 1.165) is 10.5 Å². The van der Waals surface area contributed by atoms with Crippen molar-refractivity contribution in [1.29, 1.82) is 0 Å². The number of carbonyl (C=O) groups is 4. The highest BCUT2D eigenvalue weighted by Gasteiger charge is 2.44. The van der Waals surface area contributed by atoms with Crippen LogP contribution in [0.15, 0.2) is 72.1 Å². The summed E-state index contributed by atoms with van der Waals surface area (Å²) in [5.74, 6) is -1.67. The fraction of sp³-hybridized carbons (Fsp3) is 0.167. The van der Waals surface area contributed by atoms with Crippen molar-refractivity contribution >= 4 is 40.7 Å². The fourth-order valence-electron chi connectivity index (χ4n) is 3.64. The van der Waals surface area contributed by atoms with E-state index < -0.39 is 23.8 Å². The molecule has 0 N–H and O–H groups in total. The maximum atomic E-state index is 13.3. The second kappa shape index (κ2) is 9.15. The molecule has 8 heteroatoms. The summed E-state index contributed by atoms with van der Waals surface area (Å²) in [6.07, 6.45) is -0.110. The third-order valence-corrected chi connectivity index (χ3v) is 6.09. The first-order valence-corrected chi connectivity index (χ1v) is 10.8. The lowest BCUT2D eigenvalue weighted by atomic mass is 10.1. The van der Waals surface area contributed by atoms with Gasteiger partial charge in [-0.15, -0.1) is 11.3 Å². The molecule has 2 aromatic carbocycles. The highest BCUT2D eigenvalue weighted by atomic mass is 32.1. The van der Waals surface area contributed by atoms with Gasteiger partial charge in [-0.05, 0) is 41.3 Å². The van der Waals surface area contributed by atoms with Crippen molar-refractivity contribution in [1.82, 2.24) is 4.90 Å². The first-order valence-electron chi connectivity index (χ1n) is 9.93. The molecule has 1 unspecified atom stereocenters. The minimum Gasteiger partial charge on any atom is -0.465 e. The molecule has 1 aliphatic rings. The summed E-state index contributed by atoms with van der Waals surface area (Å²) in [7, 11) is 1.28. The number of imide groups is 1. The molecule has 3 aromatic rings. The molecule has 1 fully saturated rings. The molecule has 1 saturated heterocycles. The van der Waals surface area contributed by atoms with Gasteiger partial charge in [0.15, 0.2) is 0 Å². The highest BCUT2D eigenvalue weighted by Crippen LogP contribution is 2.28.